The van der Waals surface area contributed by atoms with E-state index in [0.717, 1.165) is 49.9 Å². The molecule has 5 rings (SSSR count). The maximum atomic E-state index is 12.7. The van der Waals surface area contributed by atoms with Crippen LogP contribution in [0.25, 0.3) is 0 Å². The van der Waals surface area contributed by atoms with Gasteiger partial charge in [-0.15, -0.1) is 0 Å². The van der Waals surface area contributed by atoms with Gasteiger partial charge >= 0.3 is 5.97 Å². The monoisotopic (exact) mass is 412 g/mol. The van der Waals surface area contributed by atoms with Gasteiger partial charge in [-0.1, -0.05) is 44.6 Å². The molecule has 0 aromatic carbocycles. The second-order valence-electron chi connectivity index (χ2n) is 11.4. The van der Waals surface area contributed by atoms with E-state index in [-0.39, 0.29) is 17.5 Å². The molecule has 4 fully saturated rings. The Labute approximate surface area is 182 Å². The summed E-state index contributed by atoms with van der Waals surface area (Å²) in [7, 11) is 0. The molecule has 0 aliphatic heterocycles. The Bertz CT molecular complexity index is 703. The normalized spacial score (nSPS) is 41.4. The third-order valence-corrected chi connectivity index (χ3v) is 9.97. The first-order chi connectivity index (χ1) is 14.5. The summed E-state index contributed by atoms with van der Waals surface area (Å²) in [4.78, 5) is 24.6. The lowest BCUT2D eigenvalue weighted by molar-refractivity contribution is -0.159. The predicted molar refractivity (Wildman–Crippen MR) is 118 cm³/mol. The summed E-state index contributed by atoms with van der Waals surface area (Å²) in [6, 6.07) is 0. The lowest BCUT2D eigenvalue weighted by Crippen LogP contribution is -2.48. The molecule has 0 N–H and O–H groups in total. The molecule has 30 heavy (non-hydrogen) atoms. The number of hydrogen-bond acceptors (Lipinski definition) is 3. The van der Waals surface area contributed by atoms with Crippen LogP contribution in [0.1, 0.15) is 103 Å². The molecule has 166 valence electrons. The Morgan fingerprint density at radius 2 is 1.83 bits per heavy atom. The zero-order valence-corrected chi connectivity index (χ0v) is 18.9. The Kier molecular flexibility index (Phi) is 5.84. The van der Waals surface area contributed by atoms with Crippen molar-refractivity contribution in [3.63, 3.8) is 0 Å². The van der Waals surface area contributed by atoms with E-state index in [1.807, 2.05) is 6.08 Å². The predicted octanol–water partition coefficient (Wildman–Crippen LogP) is 6.40. The van der Waals surface area contributed by atoms with Crippen molar-refractivity contribution in [2.24, 2.45) is 35.0 Å². The molecule has 4 saturated carbocycles. The molecule has 5 aliphatic carbocycles. The van der Waals surface area contributed by atoms with Gasteiger partial charge in [0.15, 0.2) is 5.78 Å². The van der Waals surface area contributed by atoms with Gasteiger partial charge in [0.2, 0.25) is 0 Å². The van der Waals surface area contributed by atoms with E-state index in [1.165, 1.54) is 63.4 Å². The van der Waals surface area contributed by atoms with E-state index in [9.17, 15) is 9.59 Å². The van der Waals surface area contributed by atoms with Crippen molar-refractivity contribution in [2.45, 2.75) is 109 Å². The lowest BCUT2D eigenvalue weighted by Gasteiger charge is -2.53. The summed E-state index contributed by atoms with van der Waals surface area (Å²) in [5.74, 6) is 4.05. The summed E-state index contributed by atoms with van der Waals surface area (Å²) < 4.78 is 6.18. The molecule has 3 nitrogen and oxygen atoms in total. The van der Waals surface area contributed by atoms with Gasteiger partial charge in [0.1, 0.15) is 6.10 Å². The average Bonchev–Trinajstić information content (AvgIpc) is 3.09. The Morgan fingerprint density at radius 1 is 1.00 bits per heavy atom. The highest BCUT2D eigenvalue weighted by Gasteiger charge is 2.57. The molecule has 1 unspecified atom stereocenters. The molecular formula is C27H40O3. The van der Waals surface area contributed by atoms with E-state index < -0.39 is 0 Å². The highest BCUT2D eigenvalue weighted by Crippen LogP contribution is 2.62. The average molecular weight is 413 g/mol. The number of ketones is 1. The molecule has 0 aromatic rings. The van der Waals surface area contributed by atoms with Crippen LogP contribution in [0.2, 0.25) is 0 Å². The highest BCUT2D eigenvalue weighted by atomic mass is 16.5. The third kappa shape index (κ3) is 3.79. The second-order valence-corrected chi connectivity index (χ2v) is 11.4. The molecule has 0 amide bonds. The molecule has 0 saturated heterocycles. The first kappa shape index (κ1) is 20.8. The number of rotatable bonds is 4. The van der Waals surface area contributed by atoms with Crippen LogP contribution in [0.15, 0.2) is 11.6 Å². The van der Waals surface area contributed by atoms with E-state index in [0.29, 0.717) is 24.0 Å². The minimum Gasteiger partial charge on any atom is -0.462 e. The van der Waals surface area contributed by atoms with Crippen LogP contribution in [0, 0.1) is 35.0 Å². The largest absolute Gasteiger partial charge is 0.462 e. The van der Waals surface area contributed by atoms with Gasteiger partial charge in [-0.05, 0) is 87.0 Å². The number of ether oxygens (including phenoxy) is 1. The SMILES string of the molecule is C[C@]12CC[C@H]3[C@@H](CCC4=CC(=O)CC[C@@H]43)[C@@H]1CCC2OC(=O)CCC1CCCCC1. The van der Waals surface area contributed by atoms with E-state index in [1.54, 1.807) is 0 Å². The first-order valence-electron chi connectivity index (χ1n) is 13.0. The molecule has 6 atom stereocenters. The van der Waals surface area contributed by atoms with Crippen molar-refractivity contribution in [3.05, 3.63) is 11.6 Å². The smallest absolute Gasteiger partial charge is 0.306 e. The van der Waals surface area contributed by atoms with Gasteiger partial charge in [0, 0.05) is 18.3 Å². The first-order valence-corrected chi connectivity index (χ1v) is 13.0. The zero-order valence-electron chi connectivity index (χ0n) is 18.9. The fourth-order valence-electron chi connectivity index (χ4n) is 8.34. The topological polar surface area (TPSA) is 43.4 Å². The second kappa shape index (κ2) is 8.43. The molecule has 0 heterocycles. The van der Waals surface area contributed by atoms with Gasteiger partial charge in [-0.3, -0.25) is 9.59 Å². The minimum absolute atomic E-state index is 0.0641. The number of esters is 1. The quantitative estimate of drug-likeness (QED) is 0.502. The van der Waals surface area contributed by atoms with Crippen LogP contribution in [-0.2, 0) is 14.3 Å². The van der Waals surface area contributed by atoms with Crippen molar-refractivity contribution in [3.8, 4) is 0 Å². The molecule has 0 spiro atoms. The fourth-order valence-corrected chi connectivity index (χ4v) is 8.34. The number of allylic oxidation sites excluding steroid dienone is 1. The van der Waals surface area contributed by atoms with Crippen LogP contribution in [0.4, 0.5) is 0 Å². The number of carbonyl (C=O) groups excluding carboxylic acids is 2. The lowest BCUT2D eigenvalue weighted by atomic mass is 9.52. The summed E-state index contributed by atoms with van der Waals surface area (Å²) in [5, 5.41) is 0. The van der Waals surface area contributed by atoms with Gasteiger partial charge < -0.3 is 4.74 Å². The zero-order chi connectivity index (χ0) is 20.7. The number of carbonyl (C=O) groups is 2. The van der Waals surface area contributed by atoms with Crippen molar-refractivity contribution in [2.75, 3.05) is 0 Å². The van der Waals surface area contributed by atoms with Crippen LogP contribution in [0.3, 0.4) is 0 Å². The molecule has 5 aliphatic rings. The van der Waals surface area contributed by atoms with Gasteiger partial charge in [-0.2, -0.15) is 0 Å². The van der Waals surface area contributed by atoms with Crippen molar-refractivity contribution in [1.29, 1.82) is 0 Å². The summed E-state index contributed by atoms with van der Waals surface area (Å²) >= 11 is 0. The molecule has 0 radical (unpaired) electrons. The molecular weight excluding hydrogens is 372 g/mol. The van der Waals surface area contributed by atoms with Crippen LogP contribution in [-0.4, -0.2) is 17.9 Å². The van der Waals surface area contributed by atoms with E-state index in [4.69, 9.17) is 4.74 Å². The highest BCUT2D eigenvalue weighted by molar-refractivity contribution is 5.91. The van der Waals surface area contributed by atoms with Crippen LogP contribution >= 0.6 is 0 Å². The maximum Gasteiger partial charge on any atom is 0.306 e. The van der Waals surface area contributed by atoms with E-state index >= 15 is 0 Å². The molecule has 3 heteroatoms. The fraction of sp³-hybridized carbons (Fsp3) is 0.852. The van der Waals surface area contributed by atoms with Crippen molar-refractivity contribution >= 4 is 11.8 Å². The van der Waals surface area contributed by atoms with Gasteiger partial charge in [0.25, 0.3) is 0 Å². The Morgan fingerprint density at radius 3 is 2.67 bits per heavy atom. The van der Waals surface area contributed by atoms with Crippen LogP contribution in [0.5, 0.6) is 0 Å². The molecule has 0 aromatic heterocycles. The third-order valence-electron chi connectivity index (χ3n) is 9.97. The Hall–Kier alpha value is -1.12. The molecule has 0 bridgehead atoms. The van der Waals surface area contributed by atoms with Crippen LogP contribution < -0.4 is 0 Å². The van der Waals surface area contributed by atoms with Gasteiger partial charge in [-0.25, -0.2) is 0 Å². The summed E-state index contributed by atoms with van der Waals surface area (Å²) in [6.45, 7) is 2.43. The van der Waals surface area contributed by atoms with Gasteiger partial charge in [0.05, 0.1) is 0 Å². The minimum atomic E-state index is 0.0641. The standard InChI is InChI=1S/C27H40O3/c1-27-16-15-22-21-11-9-20(28)17-19(21)8-10-23(22)24(27)12-13-25(27)30-26(29)14-7-18-5-3-2-4-6-18/h17-18,21-25H,2-16H2,1H3/t21-,22+,23+,24-,25?,27-/m0/s1. The number of hydrogen-bond donors (Lipinski definition) is 0. The van der Waals surface area contributed by atoms with Crippen molar-refractivity contribution in [1.82, 2.24) is 0 Å². The number of fused-ring (bicyclic) bond motifs is 5. The maximum absolute atomic E-state index is 12.7. The van der Waals surface area contributed by atoms with E-state index in [2.05, 4.69) is 6.92 Å². The Balaban J connectivity index is 1.20. The summed E-state index contributed by atoms with van der Waals surface area (Å²) in [6.07, 6.45) is 19.4. The van der Waals surface area contributed by atoms with Crippen molar-refractivity contribution < 1.29 is 14.3 Å². The summed E-state index contributed by atoms with van der Waals surface area (Å²) in [5.41, 5.74) is 1.63.